The molecule has 0 bridgehead atoms. The normalized spacial score (nSPS) is 22.4. The lowest BCUT2D eigenvalue weighted by Crippen LogP contribution is -2.42. The summed E-state index contributed by atoms with van der Waals surface area (Å²) in [6.45, 7) is 8.22. The summed E-state index contributed by atoms with van der Waals surface area (Å²) < 4.78 is 14.4. The molecule has 0 atom stereocenters. The summed E-state index contributed by atoms with van der Waals surface area (Å²) in [6, 6.07) is 6.27. The van der Waals surface area contributed by atoms with Crippen molar-refractivity contribution in [2.24, 2.45) is 0 Å². The van der Waals surface area contributed by atoms with Gasteiger partial charge in [0.2, 0.25) is 0 Å². The van der Waals surface area contributed by atoms with Gasteiger partial charge in [0.15, 0.2) is 0 Å². The van der Waals surface area contributed by atoms with Crippen molar-refractivity contribution in [2.45, 2.75) is 50.6 Å². The highest BCUT2D eigenvalue weighted by atomic mass is 32.2. The van der Waals surface area contributed by atoms with Gasteiger partial charge in [-0.15, -0.1) is 0 Å². The van der Waals surface area contributed by atoms with Crippen LogP contribution in [-0.4, -0.2) is 34.5 Å². The van der Waals surface area contributed by atoms with Crippen molar-refractivity contribution in [3.8, 4) is 0 Å². The first-order chi connectivity index (χ1) is 10.0. The fourth-order valence-electron chi connectivity index (χ4n) is 2.90. The Kier molecular flexibility index (Phi) is 4.57. The van der Waals surface area contributed by atoms with E-state index in [1.807, 2.05) is 23.9 Å². The average Bonchev–Trinajstić information content (AvgIpc) is 3.23. The Hall–Kier alpha value is -0.580. The third-order valence-corrected chi connectivity index (χ3v) is 5.48. The quantitative estimate of drug-likeness (QED) is 0.897. The summed E-state index contributed by atoms with van der Waals surface area (Å²) in [7, 11) is 0. The number of nitrogens with one attached hydrogen (secondary N) is 1. The van der Waals surface area contributed by atoms with Crippen LogP contribution in [0.15, 0.2) is 18.2 Å². The Balaban J connectivity index is 1.64. The van der Waals surface area contributed by atoms with Gasteiger partial charge in [0.05, 0.1) is 0 Å². The van der Waals surface area contributed by atoms with Crippen LogP contribution >= 0.6 is 11.8 Å². The molecule has 116 valence electrons. The first-order valence-corrected chi connectivity index (χ1v) is 8.87. The van der Waals surface area contributed by atoms with Gasteiger partial charge in [0.1, 0.15) is 5.82 Å². The Morgan fingerprint density at radius 2 is 2.19 bits per heavy atom. The van der Waals surface area contributed by atoms with Crippen molar-refractivity contribution < 1.29 is 4.39 Å². The maximum Gasteiger partial charge on any atom is 0.127 e. The molecule has 21 heavy (non-hydrogen) atoms. The number of nitrogens with zero attached hydrogens (tertiary/aromatic N) is 1. The molecule has 1 aliphatic heterocycles. The maximum atomic E-state index is 14.1. The fourth-order valence-corrected chi connectivity index (χ4v) is 4.07. The lowest BCUT2D eigenvalue weighted by molar-refractivity contribution is 0.249. The topological polar surface area (TPSA) is 15.3 Å². The summed E-state index contributed by atoms with van der Waals surface area (Å²) in [5.41, 5.74) is 2.04. The number of hydrogen-bond donors (Lipinski definition) is 1. The smallest absolute Gasteiger partial charge is 0.127 e. The molecule has 0 amide bonds. The lowest BCUT2D eigenvalue weighted by Gasteiger charge is -2.37. The van der Waals surface area contributed by atoms with Crippen LogP contribution in [0, 0.1) is 5.82 Å². The standard InChI is InChI=1S/C17H25FN2S/c1-17(2)12-20(7-8-21-17)11-14-9-13(3-6-16(14)18)10-19-15-4-5-15/h3,6,9,15,19H,4-5,7-8,10-12H2,1-2H3. The van der Waals surface area contributed by atoms with E-state index in [-0.39, 0.29) is 10.6 Å². The molecular weight excluding hydrogens is 283 g/mol. The summed E-state index contributed by atoms with van der Waals surface area (Å²) >= 11 is 2.01. The molecule has 2 aliphatic rings. The van der Waals surface area contributed by atoms with Gasteiger partial charge in [-0.05, 0) is 38.3 Å². The molecule has 1 heterocycles. The largest absolute Gasteiger partial charge is 0.310 e. The van der Waals surface area contributed by atoms with Gasteiger partial charge in [-0.3, -0.25) is 4.90 Å². The van der Waals surface area contributed by atoms with Crippen LogP contribution in [0.25, 0.3) is 0 Å². The molecule has 0 aromatic heterocycles. The summed E-state index contributed by atoms with van der Waals surface area (Å²) in [4.78, 5) is 2.38. The molecule has 2 fully saturated rings. The van der Waals surface area contributed by atoms with E-state index < -0.39 is 0 Å². The SMILES string of the molecule is CC1(C)CN(Cc2cc(CNC3CC3)ccc2F)CCS1. The molecule has 3 rings (SSSR count). The third-order valence-electron chi connectivity index (χ3n) is 4.18. The van der Waals surface area contributed by atoms with Crippen LogP contribution in [0.5, 0.6) is 0 Å². The van der Waals surface area contributed by atoms with Gasteiger partial charge >= 0.3 is 0 Å². The minimum atomic E-state index is -0.0683. The van der Waals surface area contributed by atoms with Crippen LogP contribution in [0.4, 0.5) is 4.39 Å². The molecule has 0 radical (unpaired) electrons. The average molecular weight is 308 g/mol. The van der Waals surface area contributed by atoms with E-state index in [0.29, 0.717) is 6.04 Å². The minimum Gasteiger partial charge on any atom is -0.310 e. The van der Waals surface area contributed by atoms with Gasteiger partial charge in [0, 0.05) is 48.3 Å². The van der Waals surface area contributed by atoms with Crippen LogP contribution < -0.4 is 5.32 Å². The fraction of sp³-hybridized carbons (Fsp3) is 0.647. The molecule has 1 aliphatic carbocycles. The first kappa shape index (κ1) is 15.3. The van der Waals surface area contributed by atoms with Crippen molar-refractivity contribution in [1.29, 1.82) is 0 Å². The van der Waals surface area contributed by atoms with Crippen LogP contribution in [-0.2, 0) is 13.1 Å². The zero-order valence-electron chi connectivity index (χ0n) is 13.0. The molecular formula is C17H25FN2S. The highest BCUT2D eigenvalue weighted by Crippen LogP contribution is 2.30. The number of benzene rings is 1. The Labute approximate surface area is 131 Å². The number of rotatable bonds is 5. The van der Waals surface area contributed by atoms with Crippen LogP contribution in [0.1, 0.15) is 37.8 Å². The highest BCUT2D eigenvalue weighted by molar-refractivity contribution is 8.00. The van der Waals surface area contributed by atoms with Gasteiger partial charge in [-0.25, -0.2) is 4.39 Å². The molecule has 4 heteroatoms. The van der Waals surface area contributed by atoms with Gasteiger partial charge in [-0.2, -0.15) is 11.8 Å². The maximum absolute atomic E-state index is 14.1. The number of hydrogen-bond acceptors (Lipinski definition) is 3. The lowest BCUT2D eigenvalue weighted by atomic mass is 10.1. The zero-order chi connectivity index (χ0) is 14.9. The van der Waals surface area contributed by atoms with Crippen molar-refractivity contribution in [3.05, 3.63) is 35.1 Å². The van der Waals surface area contributed by atoms with E-state index in [0.717, 1.165) is 37.5 Å². The predicted molar refractivity (Wildman–Crippen MR) is 88.1 cm³/mol. The monoisotopic (exact) mass is 308 g/mol. The second-order valence-corrected chi connectivity index (χ2v) is 8.70. The van der Waals surface area contributed by atoms with E-state index in [1.165, 1.54) is 18.4 Å². The molecule has 0 unspecified atom stereocenters. The number of halogens is 1. The van der Waals surface area contributed by atoms with Crippen molar-refractivity contribution >= 4 is 11.8 Å². The van der Waals surface area contributed by atoms with Crippen molar-refractivity contribution in [3.63, 3.8) is 0 Å². The predicted octanol–water partition coefficient (Wildman–Crippen LogP) is 3.41. The van der Waals surface area contributed by atoms with Crippen LogP contribution in [0.2, 0.25) is 0 Å². The number of thioether (sulfide) groups is 1. The molecule has 0 spiro atoms. The Morgan fingerprint density at radius 3 is 2.90 bits per heavy atom. The van der Waals surface area contributed by atoms with Crippen molar-refractivity contribution in [1.82, 2.24) is 10.2 Å². The van der Waals surface area contributed by atoms with E-state index in [2.05, 4.69) is 24.1 Å². The van der Waals surface area contributed by atoms with Crippen LogP contribution in [0.3, 0.4) is 0 Å². The molecule has 1 aromatic rings. The van der Waals surface area contributed by atoms with Gasteiger partial charge < -0.3 is 5.32 Å². The van der Waals surface area contributed by atoms with E-state index in [1.54, 1.807) is 6.07 Å². The third kappa shape index (κ3) is 4.44. The summed E-state index contributed by atoms with van der Waals surface area (Å²) in [5, 5.41) is 3.50. The molecule has 1 saturated carbocycles. The molecule has 1 saturated heterocycles. The molecule has 2 nitrogen and oxygen atoms in total. The van der Waals surface area contributed by atoms with E-state index in [9.17, 15) is 4.39 Å². The molecule has 1 aromatic carbocycles. The first-order valence-electron chi connectivity index (χ1n) is 7.89. The van der Waals surface area contributed by atoms with Crippen molar-refractivity contribution in [2.75, 3.05) is 18.8 Å². The highest BCUT2D eigenvalue weighted by Gasteiger charge is 2.27. The Morgan fingerprint density at radius 1 is 1.38 bits per heavy atom. The summed E-state index contributed by atoms with van der Waals surface area (Å²) in [6.07, 6.45) is 2.57. The molecule has 1 N–H and O–H groups in total. The second kappa shape index (κ2) is 6.27. The second-order valence-electron chi connectivity index (χ2n) is 6.90. The van der Waals surface area contributed by atoms with E-state index >= 15 is 0 Å². The van der Waals surface area contributed by atoms with Gasteiger partial charge in [0.25, 0.3) is 0 Å². The summed E-state index contributed by atoms with van der Waals surface area (Å²) in [5.74, 6) is 1.07. The van der Waals surface area contributed by atoms with Gasteiger partial charge in [-0.1, -0.05) is 12.1 Å². The Bertz CT molecular complexity index is 500. The zero-order valence-corrected chi connectivity index (χ0v) is 13.8. The van der Waals surface area contributed by atoms with E-state index in [4.69, 9.17) is 0 Å². The minimum absolute atomic E-state index is 0.0683.